The van der Waals surface area contributed by atoms with Crippen LogP contribution < -0.4 is 14.8 Å². The van der Waals surface area contributed by atoms with Gasteiger partial charge in [-0.15, -0.1) is 0 Å². The highest BCUT2D eigenvalue weighted by atomic mass is 19.1. The predicted molar refractivity (Wildman–Crippen MR) is 102 cm³/mol. The summed E-state index contributed by atoms with van der Waals surface area (Å²) in [6.07, 6.45) is 1.53. The van der Waals surface area contributed by atoms with Crippen LogP contribution in [0.25, 0.3) is 6.08 Å². The highest BCUT2D eigenvalue weighted by molar-refractivity contribution is 6.13. The van der Waals surface area contributed by atoms with Gasteiger partial charge in [0.05, 0.1) is 19.8 Å². The first kappa shape index (κ1) is 19.4. The van der Waals surface area contributed by atoms with Crippen LogP contribution in [0.5, 0.6) is 11.5 Å². The molecule has 3 amide bonds. The van der Waals surface area contributed by atoms with Gasteiger partial charge in [-0.2, -0.15) is 0 Å². The number of ether oxygens (including phenoxy) is 2. The standard InChI is InChI=1S/C21H21FN2O4/c1-13(2)28-18-9-8-14(11-19(18)27-3)10-17-20(25)24(21(26)23-17)12-15-6-4-5-7-16(15)22/h4-11,13H,12H2,1-3H3,(H,23,26)/b17-10+. The normalized spacial score (nSPS) is 15.3. The fraction of sp³-hybridized carbons (Fsp3) is 0.238. The lowest BCUT2D eigenvalue weighted by molar-refractivity contribution is -0.123. The van der Waals surface area contributed by atoms with E-state index < -0.39 is 17.8 Å². The Labute approximate surface area is 162 Å². The van der Waals surface area contributed by atoms with Gasteiger partial charge in [-0.1, -0.05) is 24.3 Å². The van der Waals surface area contributed by atoms with Crippen molar-refractivity contribution in [2.75, 3.05) is 7.11 Å². The lowest BCUT2D eigenvalue weighted by Crippen LogP contribution is -2.30. The van der Waals surface area contributed by atoms with Crippen LogP contribution in [0.15, 0.2) is 48.2 Å². The summed E-state index contributed by atoms with van der Waals surface area (Å²) in [4.78, 5) is 25.8. The third-order valence-electron chi connectivity index (χ3n) is 4.11. The van der Waals surface area contributed by atoms with Gasteiger partial charge in [0.1, 0.15) is 11.5 Å². The number of nitrogens with zero attached hydrogens (tertiary/aromatic N) is 1. The van der Waals surface area contributed by atoms with Gasteiger partial charge in [0.25, 0.3) is 5.91 Å². The van der Waals surface area contributed by atoms with Crippen LogP contribution in [0.2, 0.25) is 0 Å². The second-order valence-electron chi connectivity index (χ2n) is 6.55. The molecule has 1 aliphatic heterocycles. The number of imide groups is 1. The second-order valence-corrected chi connectivity index (χ2v) is 6.55. The smallest absolute Gasteiger partial charge is 0.329 e. The molecule has 28 heavy (non-hydrogen) atoms. The van der Waals surface area contributed by atoms with E-state index in [-0.39, 0.29) is 23.9 Å². The molecule has 1 fully saturated rings. The number of hydrogen-bond donors (Lipinski definition) is 1. The first-order chi connectivity index (χ1) is 13.4. The summed E-state index contributed by atoms with van der Waals surface area (Å²) < 4.78 is 24.8. The third-order valence-corrected chi connectivity index (χ3v) is 4.11. The van der Waals surface area contributed by atoms with Crippen molar-refractivity contribution >= 4 is 18.0 Å². The number of methoxy groups -OCH3 is 1. The van der Waals surface area contributed by atoms with Gasteiger partial charge >= 0.3 is 6.03 Å². The molecule has 0 radical (unpaired) electrons. The van der Waals surface area contributed by atoms with Crippen LogP contribution in [-0.2, 0) is 11.3 Å². The van der Waals surface area contributed by atoms with Crippen LogP contribution in [0, 0.1) is 5.82 Å². The number of carbonyl (C=O) groups excluding carboxylic acids is 2. The Morgan fingerprint density at radius 1 is 1.14 bits per heavy atom. The molecule has 0 aromatic heterocycles. The summed E-state index contributed by atoms with van der Waals surface area (Å²) in [7, 11) is 1.53. The number of amides is 3. The molecule has 1 N–H and O–H groups in total. The molecule has 146 valence electrons. The number of halogens is 1. The maximum absolute atomic E-state index is 13.8. The maximum atomic E-state index is 13.8. The van der Waals surface area contributed by atoms with E-state index in [1.165, 1.54) is 19.2 Å². The van der Waals surface area contributed by atoms with Crippen molar-refractivity contribution < 1.29 is 23.5 Å². The monoisotopic (exact) mass is 384 g/mol. The van der Waals surface area contributed by atoms with Crippen LogP contribution >= 0.6 is 0 Å². The Bertz CT molecular complexity index is 940. The predicted octanol–water partition coefficient (Wildman–Crippen LogP) is 3.71. The molecule has 3 rings (SSSR count). The van der Waals surface area contributed by atoms with Gasteiger partial charge in [0.2, 0.25) is 0 Å². The summed E-state index contributed by atoms with van der Waals surface area (Å²) in [6, 6.07) is 10.6. The van der Waals surface area contributed by atoms with Crippen LogP contribution in [-0.4, -0.2) is 30.1 Å². The largest absolute Gasteiger partial charge is 0.493 e. The van der Waals surface area contributed by atoms with E-state index in [1.807, 2.05) is 13.8 Å². The number of rotatable bonds is 6. The molecule has 0 bridgehead atoms. The van der Waals surface area contributed by atoms with Gasteiger partial charge in [-0.25, -0.2) is 9.18 Å². The van der Waals surface area contributed by atoms with E-state index in [2.05, 4.69) is 5.32 Å². The van der Waals surface area contributed by atoms with Gasteiger partial charge in [0.15, 0.2) is 11.5 Å². The van der Waals surface area contributed by atoms with Crippen molar-refractivity contribution in [1.29, 1.82) is 0 Å². The Morgan fingerprint density at radius 2 is 1.89 bits per heavy atom. The Balaban J connectivity index is 1.82. The van der Waals surface area contributed by atoms with E-state index in [0.717, 1.165) is 4.90 Å². The summed E-state index contributed by atoms with van der Waals surface area (Å²) in [5, 5.41) is 2.53. The number of carbonyl (C=O) groups is 2. The molecular formula is C21H21FN2O4. The topological polar surface area (TPSA) is 67.9 Å². The van der Waals surface area contributed by atoms with Gasteiger partial charge in [0, 0.05) is 5.56 Å². The summed E-state index contributed by atoms with van der Waals surface area (Å²) in [5.41, 5.74) is 1.04. The quantitative estimate of drug-likeness (QED) is 0.609. The fourth-order valence-corrected chi connectivity index (χ4v) is 2.80. The van der Waals surface area contributed by atoms with E-state index in [1.54, 1.807) is 36.4 Å². The molecule has 1 heterocycles. The first-order valence-electron chi connectivity index (χ1n) is 8.81. The van der Waals surface area contributed by atoms with Crippen molar-refractivity contribution in [3.63, 3.8) is 0 Å². The van der Waals surface area contributed by atoms with Crippen LogP contribution in [0.1, 0.15) is 25.0 Å². The van der Waals surface area contributed by atoms with Crippen molar-refractivity contribution in [3.8, 4) is 11.5 Å². The number of hydrogen-bond acceptors (Lipinski definition) is 4. The number of benzene rings is 2. The average molecular weight is 384 g/mol. The Hall–Kier alpha value is -3.35. The molecule has 0 spiro atoms. The summed E-state index contributed by atoms with van der Waals surface area (Å²) in [6.45, 7) is 3.68. The zero-order chi connectivity index (χ0) is 20.3. The van der Waals surface area contributed by atoms with E-state index in [4.69, 9.17) is 9.47 Å². The van der Waals surface area contributed by atoms with Crippen molar-refractivity contribution in [1.82, 2.24) is 10.2 Å². The summed E-state index contributed by atoms with van der Waals surface area (Å²) in [5.74, 6) is 0.117. The molecule has 2 aromatic carbocycles. The van der Waals surface area contributed by atoms with Crippen LogP contribution in [0.4, 0.5) is 9.18 Å². The van der Waals surface area contributed by atoms with Crippen molar-refractivity contribution in [3.05, 3.63) is 65.1 Å². The molecule has 6 nitrogen and oxygen atoms in total. The minimum absolute atomic E-state index is 0.0132. The third kappa shape index (κ3) is 4.14. The van der Waals surface area contributed by atoms with E-state index in [0.29, 0.717) is 17.1 Å². The SMILES string of the molecule is COc1cc(/C=C2/NC(=O)N(Cc3ccccc3F)C2=O)ccc1OC(C)C. The molecule has 1 aliphatic rings. The molecule has 0 atom stereocenters. The Kier molecular flexibility index (Phi) is 5.63. The fourth-order valence-electron chi connectivity index (χ4n) is 2.80. The molecule has 0 aliphatic carbocycles. The average Bonchev–Trinajstić information content (AvgIpc) is 2.91. The van der Waals surface area contributed by atoms with Gasteiger partial charge in [-0.3, -0.25) is 9.69 Å². The lowest BCUT2D eigenvalue weighted by Gasteiger charge is -2.14. The molecule has 0 unspecified atom stereocenters. The first-order valence-corrected chi connectivity index (χ1v) is 8.81. The minimum Gasteiger partial charge on any atom is -0.493 e. The van der Waals surface area contributed by atoms with Crippen molar-refractivity contribution in [2.45, 2.75) is 26.5 Å². The molecule has 0 saturated carbocycles. The zero-order valence-electron chi connectivity index (χ0n) is 15.9. The molecule has 2 aromatic rings. The molecule has 7 heteroatoms. The summed E-state index contributed by atoms with van der Waals surface area (Å²) >= 11 is 0. The second kappa shape index (κ2) is 8.12. The minimum atomic E-state index is -0.591. The number of nitrogens with one attached hydrogen (secondary N) is 1. The number of urea groups is 1. The molecule has 1 saturated heterocycles. The van der Waals surface area contributed by atoms with Crippen LogP contribution in [0.3, 0.4) is 0 Å². The van der Waals surface area contributed by atoms with E-state index >= 15 is 0 Å². The highest BCUT2D eigenvalue weighted by Crippen LogP contribution is 2.30. The maximum Gasteiger partial charge on any atom is 0.329 e. The van der Waals surface area contributed by atoms with Crippen molar-refractivity contribution in [2.24, 2.45) is 0 Å². The van der Waals surface area contributed by atoms with Gasteiger partial charge in [-0.05, 0) is 43.7 Å². The Morgan fingerprint density at radius 3 is 2.57 bits per heavy atom. The zero-order valence-corrected chi connectivity index (χ0v) is 15.9. The lowest BCUT2D eigenvalue weighted by atomic mass is 10.1. The van der Waals surface area contributed by atoms with Gasteiger partial charge < -0.3 is 14.8 Å². The molecular weight excluding hydrogens is 363 g/mol. The highest BCUT2D eigenvalue weighted by Gasteiger charge is 2.34. The van der Waals surface area contributed by atoms with E-state index in [9.17, 15) is 14.0 Å².